The summed E-state index contributed by atoms with van der Waals surface area (Å²) in [6.07, 6.45) is -2.72. The first kappa shape index (κ1) is 22.6. The first-order valence-corrected chi connectivity index (χ1v) is 12.1. The van der Waals surface area contributed by atoms with Crippen molar-refractivity contribution in [1.82, 2.24) is 0 Å². The molecule has 0 aliphatic carbocycles. The second-order valence-electron chi connectivity index (χ2n) is 8.40. The standard InChI is InChI=1S/C27H28O5S/c1-18-12-14-21(15-13-18)33-27-23(28)25(29-16-19-8-4-2-5-9-19)24-22(31-27)17-30-26(32-24)20-10-6-3-7-11-20/h2-15,22-28H,16-17H2,1H3/t22-,23-,24-,25-,26-,27+/m1/s1. The van der Waals surface area contributed by atoms with Crippen molar-refractivity contribution in [2.45, 2.75) is 54.6 Å². The Bertz CT molecular complexity index is 1010. The van der Waals surface area contributed by atoms with Crippen LogP contribution in [-0.4, -0.2) is 41.6 Å². The number of benzene rings is 3. The average molecular weight is 465 g/mol. The highest BCUT2D eigenvalue weighted by atomic mass is 32.2. The zero-order valence-corrected chi connectivity index (χ0v) is 19.3. The predicted molar refractivity (Wildman–Crippen MR) is 127 cm³/mol. The number of aliphatic hydroxyl groups excluding tert-OH is 1. The lowest BCUT2D eigenvalue weighted by Gasteiger charge is -2.47. The van der Waals surface area contributed by atoms with Gasteiger partial charge in [-0.2, -0.15) is 0 Å². The summed E-state index contributed by atoms with van der Waals surface area (Å²) in [5.41, 5.74) is 2.68. The van der Waals surface area contributed by atoms with Crippen LogP contribution in [0.4, 0.5) is 0 Å². The van der Waals surface area contributed by atoms with E-state index >= 15 is 0 Å². The largest absolute Gasteiger partial charge is 0.387 e. The van der Waals surface area contributed by atoms with Gasteiger partial charge in [0.2, 0.25) is 0 Å². The lowest BCUT2D eigenvalue weighted by molar-refractivity contribution is -0.325. The molecule has 0 aromatic heterocycles. The Kier molecular flexibility index (Phi) is 7.11. The summed E-state index contributed by atoms with van der Waals surface area (Å²) in [5.74, 6) is 0. The van der Waals surface area contributed by atoms with Crippen molar-refractivity contribution in [2.75, 3.05) is 6.61 Å². The van der Waals surface area contributed by atoms with E-state index in [1.165, 1.54) is 17.3 Å². The van der Waals surface area contributed by atoms with Crippen LogP contribution in [0, 0.1) is 6.92 Å². The minimum atomic E-state index is -0.865. The molecule has 0 bridgehead atoms. The second-order valence-corrected chi connectivity index (χ2v) is 9.57. The van der Waals surface area contributed by atoms with E-state index in [9.17, 15) is 5.11 Å². The Morgan fingerprint density at radius 1 is 0.909 bits per heavy atom. The van der Waals surface area contributed by atoms with Crippen LogP contribution in [-0.2, 0) is 25.6 Å². The van der Waals surface area contributed by atoms with Gasteiger partial charge >= 0.3 is 0 Å². The molecule has 5 nitrogen and oxygen atoms in total. The minimum Gasteiger partial charge on any atom is -0.387 e. The molecule has 0 spiro atoms. The first-order valence-electron chi connectivity index (χ1n) is 11.2. The fourth-order valence-corrected chi connectivity index (χ4v) is 5.20. The summed E-state index contributed by atoms with van der Waals surface area (Å²) in [7, 11) is 0. The van der Waals surface area contributed by atoms with Crippen LogP contribution in [0.1, 0.15) is 23.0 Å². The van der Waals surface area contributed by atoms with Gasteiger partial charge < -0.3 is 24.1 Å². The van der Waals surface area contributed by atoms with Crippen molar-refractivity contribution in [3.8, 4) is 0 Å². The molecule has 2 aliphatic heterocycles. The maximum Gasteiger partial charge on any atom is 0.184 e. The van der Waals surface area contributed by atoms with Crippen LogP contribution in [0.3, 0.4) is 0 Å². The number of fused-ring (bicyclic) bond motifs is 1. The molecule has 172 valence electrons. The molecule has 0 radical (unpaired) electrons. The van der Waals surface area contributed by atoms with Crippen LogP contribution < -0.4 is 0 Å². The summed E-state index contributed by atoms with van der Waals surface area (Å²) in [6.45, 7) is 2.80. The molecule has 0 unspecified atom stereocenters. The van der Waals surface area contributed by atoms with Crippen molar-refractivity contribution in [3.05, 3.63) is 102 Å². The maximum absolute atomic E-state index is 11.3. The highest BCUT2D eigenvalue weighted by Crippen LogP contribution is 2.40. The quantitative estimate of drug-likeness (QED) is 0.562. The van der Waals surface area contributed by atoms with E-state index in [-0.39, 0.29) is 6.10 Å². The van der Waals surface area contributed by atoms with Crippen LogP contribution >= 0.6 is 11.8 Å². The molecule has 2 aliphatic rings. The molecule has 2 fully saturated rings. The van der Waals surface area contributed by atoms with E-state index in [0.29, 0.717) is 13.2 Å². The molecule has 33 heavy (non-hydrogen) atoms. The minimum absolute atomic E-state index is 0.336. The van der Waals surface area contributed by atoms with E-state index in [0.717, 1.165) is 16.0 Å². The Hall–Kier alpha value is -2.19. The van der Waals surface area contributed by atoms with Gasteiger partial charge in [0.05, 0.1) is 13.2 Å². The van der Waals surface area contributed by atoms with Crippen LogP contribution in [0.2, 0.25) is 0 Å². The van der Waals surface area contributed by atoms with Crippen LogP contribution in [0.5, 0.6) is 0 Å². The van der Waals surface area contributed by atoms with Gasteiger partial charge in [0, 0.05) is 10.5 Å². The van der Waals surface area contributed by atoms with E-state index < -0.39 is 30.0 Å². The summed E-state index contributed by atoms with van der Waals surface area (Å²) < 4.78 is 24.9. The molecular weight excluding hydrogens is 436 g/mol. The summed E-state index contributed by atoms with van der Waals surface area (Å²) in [4.78, 5) is 1.03. The molecule has 3 aromatic rings. The van der Waals surface area contributed by atoms with Gasteiger partial charge in [-0.05, 0) is 24.6 Å². The molecular formula is C27H28O5S. The highest BCUT2D eigenvalue weighted by Gasteiger charge is 2.50. The third-order valence-electron chi connectivity index (χ3n) is 5.94. The molecule has 5 rings (SSSR count). The van der Waals surface area contributed by atoms with E-state index in [4.69, 9.17) is 18.9 Å². The lowest BCUT2D eigenvalue weighted by atomic mass is 9.98. The zero-order chi connectivity index (χ0) is 22.6. The molecule has 6 atom stereocenters. The number of rotatable bonds is 6. The molecule has 0 saturated carbocycles. The van der Waals surface area contributed by atoms with Crippen molar-refractivity contribution in [3.63, 3.8) is 0 Å². The Balaban J connectivity index is 1.36. The first-order chi connectivity index (χ1) is 16.2. The van der Waals surface area contributed by atoms with Gasteiger partial charge in [-0.3, -0.25) is 0 Å². The lowest BCUT2D eigenvalue weighted by Crippen LogP contribution is -2.61. The van der Waals surface area contributed by atoms with Gasteiger partial charge in [-0.1, -0.05) is 90.1 Å². The second kappa shape index (κ2) is 10.4. The number of thioether (sulfide) groups is 1. The average Bonchev–Trinajstić information content (AvgIpc) is 2.86. The number of ether oxygens (including phenoxy) is 4. The Morgan fingerprint density at radius 2 is 1.61 bits per heavy atom. The van der Waals surface area contributed by atoms with Crippen LogP contribution in [0.15, 0.2) is 89.8 Å². The van der Waals surface area contributed by atoms with Crippen molar-refractivity contribution < 1.29 is 24.1 Å². The molecule has 6 heteroatoms. The predicted octanol–water partition coefficient (Wildman–Crippen LogP) is 4.87. The van der Waals surface area contributed by atoms with Crippen molar-refractivity contribution >= 4 is 11.8 Å². The summed E-state index contributed by atoms with van der Waals surface area (Å²) in [6, 6.07) is 28.0. The fraction of sp³-hybridized carbons (Fsp3) is 0.333. The Labute approximate surface area is 198 Å². The van der Waals surface area contributed by atoms with Crippen molar-refractivity contribution in [1.29, 1.82) is 0 Å². The highest BCUT2D eigenvalue weighted by molar-refractivity contribution is 7.99. The van der Waals surface area contributed by atoms with E-state index in [1.54, 1.807) is 0 Å². The SMILES string of the molecule is Cc1ccc(S[C@@H]2O[C@@H]3CO[C@@H](c4ccccc4)O[C@H]3[C@H](OCc3ccccc3)[C@H]2O)cc1. The number of aliphatic hydroxyl groups is 1. The van der Waals surface area contributed by atoms with Gasteiger partial charge in [0.15, 0.2) is 6.29 Å². The van der Waals surface area contributed by atoms with E-state index in [1.807, 2.05) is 72.8 Å². The number of aryl methyl sites for hydroxylation is 1. The molecule has 2 saturated heterocycles. The topological polar surface area (TPSA) is 57.2 Å². The fourth-order valence-electron chi connectivity index (χ4n) is 4.15. The summed E-state index contributed by atoms with van der Waals surface area (Å²) in [5, 5.41) is 11.3. The molecule has 2 heterocycles. The molecule has 1 N–H and O–H groups in total. The maximum atomic E-state index is 11.3. The van der Waals surface area contributed by atoms with Gasteiger partial charge in [0.1, 0.15) is 29.9 Å². The smallest absolute Gasteiger partial charge is 0.184 e. The third kappa shape index (κ3) is 5.32. The number of hydrogen-bond donors (Lipinski definition) is 1. The van der Waals surface area contributed by atoms with Gasteiger partial charge in [-0.25, -0.2) is 0 Å². The normalized spacial score (nSPS) is 29.4. The number of hydrogen-bond acceptors (Lipinski definition) is 6. The van der Waals surface area contributed by atoms with Crippen molar-refractivity contribution in [2.24, 2.45) is 0 Å². The third-order valence-corrected chi connectivity index (χ3v) is 7.10. The van der Waals surface area contributed by atoms with Gasteiger partial charge in [-0.15, -0.1) is 0 Å². The Morgan fingerprint density at radius 3 is 2.33 bits per heavy atom. The van der Waals surface area contributed by atoms with Crippen LogP contribution in [0.25, 0.3) is 0 Å². The van der Waals surface area contributed by atoms with E-state index in [2.05, 4.69) is 19.1 Å². The zero-order valence-electron chi connectivity index (χ0n) is 18.4. The molecule has 3 aromatic carbocycles. The van der Waals surface area contributed by atoms with Gasteiger partial charge in [0.25, 0.3) is 0 Å². The summed E-state index contributed by atoms with van der Waals surface area (Å²) >= 11 is 1.50. The monoisotopic (exact) mass is 464 g/mol. The molecule has 0 amide bonds.